The average molecular weight is 194 g/mol. The third-order valence-corrected chi connectivity index (χ3v) is 1.40. The van der Waals surface area contributed by atoms with Gasteiger partial charge in [-0.25, -0.2) is 4.79 Å². The fraction of sp³-hybridized carbons (Fsp3) is 0. The van der Waals surface area contributed by atoms with Crippen molar-refractivity contribution in [3.8, 4) is 0 Å². The number of carbonyl (C=O) groups excluding carboxylic acids is 1. The normalized spacial score (nSPS) is 10.7. The number of rotatable bonds is 1. The Kier molecular flexibility index (Phi) is 3.31. The van der Waals surface area contributed by atoms with E-state index in [9.17, 15) is 4.79 Å². The smallest absolute Gasteiger partial charge is 0.362 e. The van der Waals surface area contributed by atoms with E-state index in [0.29, 0.717) is 5.56 Å². The maximum absolute atomic E-state index is 11.2. The highest BCUT2D eigenvalue weighted by atomic mass is 16.7. The van der Waals surface area contributed by atoms with Gasteiger partial charge in [0, 0.05) is 0 Å². The molecule has 0 amide bonds. The zero-order valence-electron chi connectivity index (χ0n) is 7.31. The Bertz CT molecular complexity index is 336. The number of hydrogen-bond acceptors (Lipinski definition) is 4. The van der Waals surface area contributed by atoms with E-state index in [1.165, 1.54) is 0 Å². The van der Waals surface area contributed by atoms with Gasteiger partial charge in [-0.1, -0.05) is 18.2 Å². The predicted octanol–water partition coefficient (Wildman–Crippen LogP) is -0.464. The number of nitrogens with one attached hydrogen (secondary N) is 1. The monoisotopic (exact) mass is 194 g/mol. The summed E-state index contributed by atoms with van der Waals surface area (Å²) < 4.78 is 0. The summed E-state index contributed by atoms with van der Waals surface area (Å²) in [6.45, 7) is 0. The van der Waals surface area contributed by atoms with Crippen LogP contribution in [0.4, 0.5) is 0 Å². The molecule has 0 aliphatic carbocycles. The highest BCUT2D eigenvalue weighted by Gasteiger charge is 2.05. The molecule has 0 spiro atoms. The summed E-state index contributed by atoms with van der Waals surface area (Å²) in [5.41, 5.74) is 7.63. The van der Waals surface area contributed by atoms with Crippen molar-refractivity contribution in [3.63, 3.8) is 0 Å². The van der Waals surface area contributed by atoms with Crippen molar-refractivity contribution in [2.75, 3.05) is 0 Å². The summed E-state index contributed by atoms with van der Waals surface area (Å²) in [6.07, 6.45) is 0. The Labute approximate surface area is 80.5 Å². The molecule has 0 radical (unpaired) electrons. The number of hydroxylamine groups is 1. The quantitative estimate of drug-likeness (QED) is 0.243. The molecule has 0 unspecified atom stereocenters. The molecule has 6 heteroatoms. The van der Waals surface area contributed by atoms with Gasteiger partial charge in [-0.15, -0.1) is 5.10 Å². The Morgan fingerprint density at radius 3 is 2.57 bits per heavy atom. The van der Waals surface area contributed by atoms with Crippen LogP contribution in [0.25, 0.3) is 0 Å². The largest absolute Gasteiger partial charge is 0.366 e. The van der Waals surface area contributed by atoms with Crippen LogP contribution < -0.4 is 17.1 Å². The van der Waals surface area contributed by atoms with Crippen LogP contribution in [0.3, 0.4) is 0 Å². The number of nitrogens with two attached hydrogens (primary N) is 2. The molecule has 5 N–H and O–H groups in total. The maximum Gasteiger partial charge on any atom is 0.362 e. The van der Waals surface area contributed by atoms with Gasteiger partial charge >= 0.3 is 5.97 Å². The molecular weight excluding hydrogens is 184 g/mol. The summed E-state index contributed by atoms with van der Waals surface area (Å²) in [5, 5.41) is 3.06. The van der Waals surface area contributed by atoms with Gasteiger partial charge in [0.25, 0.3) is 0 Å². The molecule has 1 aromatic rings. The molecule has 0 aliphatic rings. The summed E-state index contributed by atoms with van der Waals surface area (Å²) in [7, 11) is 0. The van der Waals surface area contributed by atoms with Crippen LogP contribution in [0.1, 0.15) is 10.4 Å². The predicted molar refractivity (Wildman–Crippen MR) is 50.8 cm³/mol. The molecule has 0 aromatic heterocycles. The first-order valence-electron chi connectivity index (χ1n) is 3.79. The highest BCUT2D eigenvalue weighted by molar-refractivity contribution is 5.90. The molecule has 74 valence electrons. The van der Waals surface area contributed by atoms with Crippen LogP contribution in [0.5, 0.6) is 0 Å². The Hall–Kier alpha value is -2.24. The molecule has 0 saturated heterocycles. The SMILES string of the molecule is NN=C(N)NOC(=O)c1ccccc1. The molecule has 1 aromatic carbocycles. The van der Waals surface area contributed by atoms with Gasteiger partial charge in [0.1, 0.15) is 0 Å². The van der Waals surface area contributed by atoms with Crippen molar-refractivity contribution < 1.29 is 9.63 Å². The molecule has 0 atom stereocenters. The van der Waals surface area contributed by atoms with Crippen LogP contribution in [0.2, 0.25) is 0 Å². The van der Waals surface area contributed by atoms with Crippen LogP contribution >= 0.6 is 0 Å². The van der Waals surface area contributed by atoms with Crippen molar-refractivity contribution >= 4 is 11.9 Å². The van der Waals surface area contributed by atoms with Crippen LogP contribution in [0, 0.1) is 0 Å². The minimum Gasteiger partial charge on any atom is -0.366 e. The lowest BCUT2D eigenvalue weighted by Gasteiger charge is -2.04. The van der Waals surface area contributed by atoms with Gasteiger partial charge in [0.2, 0.25) is 5.96 Å². The van der Waals surface area contributed by atoms with Gasteiger partial charge < -0.3 is 16.4 Å². The summed E-state index contributed by atoms with van der Waals surface area (Å²) in [4.78, 5) is 15.8. The maximum atomic E-state index is 11.2. The first kappa shape index (κ1) is 9.85. The molecule has 1 rings (SSSR count). The number of hydrazone groups is 1. The van der Waals surface area contributed by atoms with Crippen LogP contribution in [-0.2, 0) is 4.84 Å². The van der Waals surface area contributed by atoms with Gasteiger partial charge in [-0.05, 0) is 12.1 Å². The lowest BCUT2D eigenvalue weighted by atomic mass is 10.2. The third-order valence-electron chi connectivity index (χ3n) is 1.40. The second kappa shape index (κ2) is 4.70. The molecule has 0 fully saturated rings. The van der Waals surface area contributed by atoms with Crippen molar-refractivity contribution in [2.24, 2.45) is 16.7 Å². The summed E-state index contributed by atoms with van der Waals surface area (Å²) in [6, 6.07) is 8.45. The van der Waals surface area contributed by atoms with E-state index in [2.05, 4.69) is 15.4 Å². The zero-order chi connectivity index (χ0) is 10.4. The van der Waals surface area contributed by atoms with Crippen molar-refractivity contribution in [1.29, 1.82) is 0 Å². The number of benzene rings is 1. The Morgan fingerprint density at radius 1 is 1.36 bits per heavy atom. The van der Waals surface area contributed by atoms with E-state index in [-0.39, 0.29) is 5.96 Å². The van der Waals surface area contributed by atoms with E-state index < -0.39 is 5.97 Å². The van der Waals surface area contributed by atoms with Gasteiger partial charge in [0.15, 0.2) is 0 Å². The minimum absolute atomic E-state index is 0.172. The second-order valence-electron chi connectivity index (χ2n) is 2.37. The molecule has 0 aliphatic heterocycles. The Morgan fingerprint density at radius 2 is 2.00 bits per heavy atom. The van der Waals surface area contributed by atoms with E-state index in [1.54, 1.807) is 30.3 Å². The first-order valence-corrected chi connectivity index (χ1v) is 3.79. The van der Waals surface area contributed by atoms with Crippen LogP contribution in [-0.4, -0.2) is 11.9 Å². The fourth-order valence-corrected chi connectivity index (χ4v) is 0.758. The third kappa shape index (κ3) is 2.67. The minimum atomic E-state index is -0.558. The summed E-state index contributed by atoms with van der Waals surface area (Å²) >= 11 is 0. The number of nitrogens with zero attached hydrogens (tertiary/aromatic N) is 1. The standard InChI is InChI=1S/C8H10N4O2/c9-8(11-10)12-14-7(13)6-4-2-1-3-5-6/h1-5H,10H2,(H3,9,11,12). The number of carbonyl (C=O) groups is 1. The topological polar surface area (TPSA) is 103 Å². The first-order chi connectivity index (χ1) is 6.74. The van der Waals surface area contributed by atoms with Gasteiger partial charge in [-0.2, -0.15) is 5.48 Å². The zero-order valence-corrected chi connectivity index (χ0v) is 7.31. The Balaban J connectivity index is 2.52. The summed E-state index contributed by atoms with van der Waals surface area (Å²) in [5.74, 6) is 4.08. The lowest BCUT2D eigenvalue weighted by molar-refractivity contribution is 0.0383. The van der Waals surface area contributed by atoms with Crippen molar-refractivity contribution in [2.45, 2.75) is 0 Å². The average Bonchev–Trinajstić information content (AvgIpc) is 2.26. The van der Waals surface area contributed by atoms with Crippen LogP contribution in [0.15, 0.2) is 35.4 Å². The van der Waals surface area contributed by atoms with Gasteiger partial charge in [0.05, 0.1) is 5.56 Å². The fourth-order valence-electron chi connectivity index (χ4n) is 0.758. The van der Waals surface area contributed by atoms with E-state index in [0.717, 1.165) is 0 Å². The van der Waals surface area contributed by atoms with Gasteiger partial charge in [-0.3, -0.25) is 0 Å². The second-order valence-corrected chi connectivity index (χ2v) is 2.37. The molecule has 6 nitrogen and oxygen atoms in total. The molecule has 0 heterocycles. The highest BCUT2D eigenvalue weighted by Crippen LogP contribution is 1.99. The van der Waals surface area contributed by atoms with E-state index in [1.807, 2.05) is 0 Å². The number of hydrogen-bond donors (Lipinski definition) is 3. The molecule has 0 bridgehead atoms. The van der Waals surface area contributed by atoms with E-state index >= 15 is 0 Å². The molecule has 0 saturated carbocycles. The van der Waals surface area contributed by atoms with E-state index in [4.69, 9.17) is 11.6 Å². The number of guanidine groups is 1. The lowest BCUT2D eigenvalue weighted by Crippen LogP contribution is -2.34. The molecule has 14 heavy (non-hydrogen) atoms. The molecular formula is C8H10N4O2. The van der Waals surface area contributed by atoms with Crippen molar-refractivity contribution in [3.05, 3.63) is 35.9 Å². The van der Waals surface area contributed by atoms with Crippen molar-refractivity contribution in [1.82, 2.24) is 5.48 Å².